The van der Waals surface area contributed by atoms with Crippen molar-refractivity contribution >= 4 is 35.1 Å². The molecular weight excluding hydrogens is 330 g/mol. The summed E-state index contributed by atoms with van der Waals surface area (Å²) in [6.45, 7) is 0.779. The molecule has 3 aliphatic rings. The van der Waals surface area contributed by atoms with Gasteiger partial charge in [0.15, 0.2) is 5.41 Å². The first kappa shape index (κ1) is 15.4. The van der Waals surface area contributed by atoms with Crippen molar-refractivity contribution < 1.29 is 14.4 Å². The molecule has 0 aliphatic carbocycles. The molecule has 4 rings (SSSR count). The van der Waals surface area contributed by atoms with E-state index in [-0.39, 0.29) is 6.04 Å². The van der Waals surface area contributed by atoms with Gasteiger partial charge in [0, 0.05) is 31.4 Å². The Morgan fingerprint density at radius 1 is 1.12 bits per heavy atom. The predicted octanol–water partition coefficient (Wildman–Crippen LogP) is 1.90. The highest BCUT2D eigenvalue weighted by Crippen LogP contribution is 2.49. The summed E-state index contributed by atoms with van der Waals surface area (Å²) in [5.74, 6) is -0.791. The number of imide groups is 2. The lowest BCUT2D eigenvalue weighted by Crippen LogP contribution is -2.70. The molecule has 1 spiro atoms. The minimum Gasteiger partial charge on any atom is -0.367 e. The number of benzene rings is 1. The number of carbonyl (C=O) groups is 3. The van der Waals surface area contributed by atoms with E-state index in [9.17, 15) is 14.4 Å². The maximum Gasteiger partial charge on any atom is 0.332 e. The molecule has 3 aliphatic heterocycles. The smallest absolute Gasteiger partial charge is 0.332 e. The van der Waals surface area contributed by atoms with E-state index in [4.69, 9.17) is 11.6 Å². The topological polar surface area (TPSA) is 60.9 Å². The van der Waals surface area contributed by atoms with Gasteiger partial charge in [0.05, 0.1) is 6.04 Å². The van der Waals surface area contributed by atoms with Crippen molar-refractivity contribution in [2.45, 2.75) is 25.3 Å². The fourth-order valence-electron chi connectivity index (χ4n) is 4.46. The van der Waals surface area contributed by atoms with E-state index in [1.54, 1.807) is 6.07 Å². The van der Waals surface area contributed by atoms with Crippen molar-refractivity contribution in [3.05, 3.63) is 28.8 Å². The van der Waals surface area contributed by atoms with Crippen molar-refractivity contribution in [2.75, 3.05) is 25.5 Å². The third-order valence-electron chi connectivity index (χ3n) is 5.59. The number of halogens is 1. The highest BCUT2D eigenvalue weighted by Gasteiger charge is 2.63. The summed E-state index contributed by atoms with van der Waals surface area (Å²) in [5, 5.41) is 0.640. The summed E-state index contributed by atoms with van der Waals surface area (Å²) in [4.78, 5) is 42.6. The highest BCUT2D eigenvalue weighted by molar-refractivity contribution is 6.31. The number of urea groups is 1. The molecule has 24 heavy (non-hydrogen) atoms. The van der Waals surface area contributed by atoms with Gasteiger partial charge in [0.2, 0.25) is 11.8 Å². The molecule has 0 bridgehead atoms. The zero-order valence-electron chi connectivity index (χ0n) is 13.6. The first-order valence-electron chi connectivity index (χ1n) is 8.03. The molecule has 1 atom stereocenters. The van der Waals surface area contributed by atoms with Gasteiger partial charge in [-0.25, -0.2) is 4.79 Å². The van der Waals surface area contributed by atoms with Crippen LogP contribution in [0.15, 0.2) is 18.2 Å². The normalized spacial score (nSPS) is 25.4. The van der Waals surface area contributed by atoms with Gasteiger partial charge >= 0.3 is 6.03 Å². The standard InChI is InChI=1S/C17H18ClN3O3/c1-19-14(22)17(15(23)20(2)16(19)24)9-10-5-6-11(18)8-12(10)21-7-3-4-13(17)21/h5-6,8,13H,3-4,7,9H2,1-2H3. The van der Waals surface area contributed by atoms with Gasteiger partial charge in [0.25, 0.3) is 0 Å². The molecule has 1 aromatic carbocycles. The average molecular weight is 348 g/mol. The number of hydrogen-bond acceptors (Lipinski definition) is 4. The Morgan fingerprint density at radius 2 is 1.79 bits per heavy atom. The van der Waals surface area contributed by atoms with Crippen LogP contribution in [0.5, 0.6) is 0 Å². The molecule has 0 saturated carbocycles. The number of fused-ring (bicyclic) bond motifs is 4. The van der Waals surface area contributed by atoms with Crippen molar-refractivity contribution in [1.29, 1.82) is 0 Å². The molecule has 3 heterocycles. The molecule has 4 amide bonds. The van der Waals surface area contributed by atoms with Crippen LogP contribution >= 0.6 is 11.6 Å². The molecule has 6 nitrogen and oxygen atoms in total. The second kappa shape index (κ2) is 4.96. The summed E-state index contributed by atoms with van der Waals surface area (Å²) in [6, 6.07) is 4.76. The Kier molecular flexibility index (Phi) is 3.19. The highest BCUT2D eigenvalue weighted by atomic mass is 35.5. The Bertz CT molecular complexity index is 754. The van der Waals surface area contributed by atoms with Crippen LogP contribution in [-0.2, 0) is 16.0 Å². The minimum atomic E-state index is -1.23. The molecule has 1 unspecified atom stereocenters. The summed E-state index contributed by atoms with van der Waals surface area (Å²) in [5.41, 5.74) is 0.697. The molecule has 2 saturated heterocycles. The largest absolute Gasteiger partial charge is 0.367 e. The molecule has 126 valence electrons. The van der Waals surface area contributed by atoms with Gasteiger partial charge in [-0.2, -0.15) is 0 Å². The lowest BCUT2D eigenvalue weighted by Gasteiger charge is -2.50. The summed E-state index contributed by atoms with van der Waals surface area (Å²) >= 11 is 6.15. The van der Waals surface area contributed by atoms with Crippen molar-refractivity contribution in [3.8, 4) is 0 Å². The Morgan fingerprint density at radius 3 is 2.46 bits per heavy atom. The predicted molar refractivity (Wildman–Crippen MR) is 88.9 cm³/mol. The fraction of sp³-hybridized carbons (Fsp3) is 0.471. The van der Waals surface area contributed by atoms with Crippen LogP contribution in [0.1, 0.15) is 18.4 Å². The number of carbonyl (C=O) groups excluding carboxylic acids is 3. The molecule has 2 fully saturated rings. The Balaban J connectivity index is 1.91. The minimum absolute atomic E-state index is 0.235. The summed E-state index contributed by atoms with van der Waals surface area (Å²) in [7, 11) is 2.90. The maximum atomic E-state index is 13.1. The van der Waals surface area contributed by atoms with Gasteiger partial charge in [0.1, 0.15) is 0 Å². The number of amides is 4. The van der Waals surface area contributed by atoms with E-state index < -0.39 is 23.3 Å². The van der Waals surface area contributed by atoms with Crippen LogP contribution in [0.3, 0.4) is 0 Å². The number of barbiturate groups is 1. The average Bonchev–Trinajstić information content (AvgIpc) is 3.07. The van der Waals surface area contributed by atoms with E-state index in [2.05, 4.69) is 4.90 Å². The fourth-order valence-corrected chi connectivity index (χ4v) is 4.63. The monoisotopic (exact) mass is 347 g/mol. The number of nitrogens with zero attached hydrogens (tertiary/aromatic N) is 3. The van der Waals surface area contributed by atoms with E-state index >= 15 is 0 Å². The van der Waals surface area contributed by atoms with Crippen molar-refractivity contribution in [3.63, 3.8) is 0 Å². The number of anilines is 1. The van der Waals surface area contributed by atoms with Crippen molar-refractivity contribution in [2.24, 2.45) is 5.41 Å². The molecule has 0 N–H and O–H groups in total. The van der Waals surface area contributed by atoms with Crippen LogP contribution < -0.4 is 4.90 Å². The lowest BCUT2D eigenvalue weighted by molar-refractivity contribution is -0.159. The summed E-state index contributed by atoms with van der Waals surface area (Å²) in [6.07, 6.45) is 1.96. The van der Waals surface area contributed by atoms with Gasteiger partial charge in [-0.1, -0.05) is 17.7 Å². The van der Waals surface area contributed by atoms with Gasteiger partial charge in [-0.3, -0.25) is 19.4 Å². The summed E-state index contributed by atoms with van der Waals surface area (Å²) < 4.78 is 0. The molecule has 0 aromatic heterocycles. The third-order valence-corrected chi connectivity index (χ3v) is 5.83. The van der Waals surface area contributed by atoms with Crippen molar-refractivity contribution in [1.82, 2.24) is 9.80 Å². The first-order valence-corrected chi connectivity index (χ1v) is 8.41. The van der Waals surface area contributed by atoms with Gasteiger partial charge < -0.3 is 4.90 Å². The molecule has 0 radical (unpaired) electrons. The van der Waals surface area contributed by atoms with E-state index in [0.29, 0.717) is 11.4 Å². The quantitative estimate of drug-likeness (QED) is 0.672. The number of hydrogen-bond donors (Lipinski definition) is 0. The Labute approximate surface area is 144 Å². The Hall–Kier alpha value is -2.08. The molecule has 7 heteroatoms. The maximum absolute atomic E-state index is 13.1. The van der Waals surface area contributed by atoms with Crippen LogP contribution in [-0.4, -0.2) is 54.3 Å². The first-order chi connectivity index (χ1) is 11.4. The van der Waals surface area contributed by atoms with E-state index in [1.807, 2.05) is 12.1 Å². The van der Waals surface area contributed by atoms with Gasteiger partial charge in [-0.15, -0.1) is 0 Å². The number of rotatable bonds is 0. The second-order valence-electron chi connectivity index (χ2n) is 6.78. The van der Waals surface area contributed by atoms with E-state index in [0.717, 1.165) is 40.4 Å². The lowest BCUT2D eigenvalue weighted by atomic mass is 9.68. The third kappa shape index (κ3) is 1.75. The molecule has 1 aromatic rings. The molecular formula is C17H18ClN3O3. The van der Waals surface area contributed by atoms with Crippen LogP contribution in [0, 0.1) is 5.41 Å². The van der Waals surface area contributed by atoms with Gasteiger partial charge in [-0.05, 0) is 37.0 Å². The van der Waals surface area contributed by atoms with Crippen LogP contribution in [0.2, 0.25) is 5.02 Å². The SMILES string of the molecule is CN1C(=O)N(C)C(=O)C2(Cc3ccc(Cl)cc3N3CCCC32)C1=O. The van der Waals surface area contributed by atoms with E-state index in [1.165, 1.54) is 14.1 Å². The zero-order chi connectivity index (χ0) is 17.2. The van der Waals surface area contributed by atoms with Crippen LogP contribution in [0.25, 0.3) is 0 Å². The zero-order valence-corrected chi connectivity index (χ0v) is 14.3. The second-order valence-corrected chi connectivity index (χ2v) is 7.22. The van der Waals surface area contributed by atoms with Crippen LogP contribution in [0.4, 0.5) is 10.5 Å².